The number of amides is 1. The maximum Gasteiger partial charge on any atom is 0.277 e. The van der Waals surface area contributed by atoms with E-state index in [9.17, 15) is 4.79 Å². The molecule has 0 aliphatic heterocycles. The normalized spacial score (nSPS) is 12.0. The van der Waals surface area contributed by atoms with Crippen molar-refractivity contribution in [2.75, 3.05) is 12.4 Å². The maximum atomic E-state index is 12.1. The third-order valence-corrected chi connectivity index (χ3v) is 3.03. The average Bonchev–Trinajstić information content (AvgIpc) is 2.98. The minimum Gasteiger partial charge on any atom is -0.495 e. The molecule has 0 saturated carbocycles. The van der Waals surface area contributed by atoms with Gasteiger partial charge in [-0.05, 0) is 18.6 Å². The number of hydrogen-bond acceptors (Lipinski definition) is 5. The summed E-state index contributed by atoms with van der Waals surface area (Å²) in [4.78, 5) is 16.3. The van der Waals surface area contributed by atoms with Gasteiger partial charge in [0.15, 0.2) is 5.69 Å². The van der Waals surface area contributed by atoms with E-state index in [4.69, 9.17) is 14.9 Å². The molecular formula is C15H19N3O3. The average molecular weight is 289 g/mol. The highest BCUT2D eigenvalue weighted by Gasteiger charge is 2.17. The van der Waals surface area contributed by atoms with E-state index < -0.39 is 0 Å². The van der Waals surface area contributed by atoms with Crippen molar-refractivity contribution in [3.8, 4) is 5.75 Å². The number of nitrogens with two attached hydrogens (primary N) is 1. The van der Waals surface area contributed by atoms with E-state index in [0.29, 0.717) is 17.3 Å². The van der Waals surface area contributed by atoms with Crippen LogP contribution < -0.4 is 15.8 Å². The summed E-state index contributed by atoms with van der Waals surface area (Å²) in [5.74, 6) is 0.595. The summed E-state index contributed by atoms with van der Waals surface area (Å²) in [6.07, 6.45) is 3.00. The molecule has 0 fully saturated rings. The van der Waals surface area contributed by atoms with Gasteiger partial charge in [0.1, 0.15) is 12.0 Å². The lowest BCUT2D eigenvalue weighted by molar-refractivity contribution is 0.102. The second-order valence-corrected chi connectivity index (χ2v) is 4.62. The second-order valence-electron chi connectivity index (χ2n) is 4.62. The Morgan fingerprint density at radius 1 is 1.48 bits per heavy atom. The summed E-state index contributed by atoms with van der Waals surface area (Å²) < 4.78 is 10.4. The Morgan fingerprint density at radius 3 is 2.95 bits per heavy atom. The van der Waals surface area contributed by atoms with Gasteiger partial charge in [0.05, 0.1) is 18.8 Å². The maximum absolute atomic E-state index is 12.1. The lowest BCUT2D eigenvalue weighted by Gasteiger charge is -2.08. The lowest BCUT2D eigenvalue weighted by Crippen LogP contribution is -2.14. The van der Waals surface area contributed by atoms with Crippen molar-refractivity contribution in [3.63, 3.8) is 0 Å². The quantitative estimate of drug-likeness (QED) is 0.853. The number of nitrogens with one attached hydrogen (secondary N) is 1. The van der Waals surface area contributed by atoms with E-state index in [2.05, 4.69) is 10.3 Å². The third kappa shape index (κ3) is 3.61. The van der Waals surface area contributed by atoms with Crippen molar-refractivity contribution in [2.24, 2.45) is 5.73 Å². The summed E-state index contributed by atoms with van der Waals surface area (Å²) in [5.41, 5.74) is 6.68. The Hall–Kier alpha value is -2.34. The topological polar surface area (TPSA) is 90.4 Å². The molecule has 0 saturated heterocycles. The number of ether oxygens (including phenoxy) is 1. The van der Waals surface area contributed by atoms with Gasteiger partial charge in [-0.25, -0.2) is 4.98 Å². The largest absolute Gasteiger partial charge is 0.495 e. The first-order valence-corrected chi connectivity index (χ1v) is 6.81. The zero-order valence-electron chi connectivity index (χ0n) is 12.1. The van der Waals surface area contributed by atoms with E-state index in [1.54, 1.807) is 19.2 Å². The van der Waals surface area contributed by atoms with Crippen molar-refractivity contribution in [1.29, 1.82) is 0 Å². The Balaban J connectivity index is 2.10. The van der Waals surface area contributed by atoms with Crippen LogP contribution in [0.4, 0.5) is 5.69 Å². The number of anilines is 1. The number of carbonyl (C=O) groups excluding carboxylic acids is 1. The molecule has 0 aliphatic carbocycles. The van der Waals surface area contributed by atoms with Crippen LogP contribution in [0.1, 0.15) is 42.2 Å². The van der Waals surface area contributed by atoms with Gasteiger partial charge < -0.3 is 20.2 Å². The van der Waals surface area contributed by atoms with E-state index in [1.165, 1.54) is 6.26 Å². The highest BCUT2D eigenvalue weighted by Crippen LogP contribution is 2.24. The molecular weight excluding hydrogens is 270 g/mol. The number of benzene rings is 1. The van der Waals surface area contributed by atoms with E-state index in [0.717, 1.165) is 12.8 Å². The molecule has 6 nitrogen and oxygen atoms in total. The molecule has 0 aliphatic rings. The monoisotopic (exact) mass is 289 g/mol. The number of hydrogen-bond donors (Lipinski definition) is 2. The molecule has 21 heavy (non-hydrogen) atoms. The Bertz CT molecular complexity index is 610. The zero-order chi connectivity index (χ0) is 15.2. The second kappa shape index (κ2) is 6.90. The van der Waals surface area contributed by atoms with Crippen LogP contribution in [0, 0.1) is 0 Å². The predicted molar refractivity (Wildman–Crippen MR) is 79.3 cm³/mol. The number of para-hydroxylation sites is 2. The van der Waals surface area contributed by atoms with Crippen LogP contribution in [-0.4, -0.2) is 18.0 Å². The number of methoxy groups -OCH3 is 1. The Labute approximate surface area is 123 Å². The molecule has 112 valence electrons. The molecule has 2 rings (SSSR count). The first kappa shape index (κ1) is 15.1. The minimum absolute atomic E-state index is 0.197. The van der Waals surface area contributed by atoms with Gasteiger partial charge >= 0.3 is 0 Å². The van der Waals surface area contributed by atoms with Gasteiger partial charge in [-0.2, -0.15) is 0 Å². The van der Waals surface area contributed by atoms with Gasteiger partial charge in [0.2, 0.25) is 5.89 Å². The van der Waals surface area contributed by atoms with E-state index >= 15 is 0 Å². The lowest BCUT2D eigenvalue weighted by atomic mass is 10.2. The first-order chi connectivity index (χ1) is 10.2. The standard InChI is InChI=1S/C15H19N3O3/c1-3-6-10(16)15-18-12(9-21-15)14(19)17-11-7-4-5-8-13(11)20-2/h4-5,7-10H,3,6,16H2,1-2H3,(H,17,19). The summed E-state index contributed by atoms with van der Waals surface area (Å²) in [7, 11) is 1.54. The molecule has 1 amide bonds. The van der Waals surface area contributed by atoms with Crippen LogP contribution in [0.5, 0.6) is 5.75 Å². The van der Waals surface area contributed by atoms with Crippen LogP contribution in [0.15, 0.2) is 34.9 Å². The van der Waals surface area contributed by atoms with Crippen molar-refractivity contribution < 1.29 is 13.9 Å². The number of carbonyl (C=O) groups is 1. The fraction of sp³-hybridized carbons (Fsp3) is 0.333. The van der Waals surface area contributed by atoms with Crippen LogP contribution >= 0.6 is 0 Å². The molecule has 0 spiro atoms. The highest BCUT2D eigenvalue weighted by molar-refractivity contribution is 6.03. The van der Waals surface area contributed by atoms with Crippen LogP contribution in [0.3, 0.4) is 0 Å². The number of aromatic nitrogens is 1. The van der Waals surface area contributed by atoms with Crippen LogP contribution in [-0.2, 0) is 0 Å². The van der Waals surface area contributed by atoms with E-state index in [1.807, 2.05) is 19.1 Å². The SMILES string of the molecule is CCCC(N)c1nc(C(=O)Nc2ccccc2OC)co1. The fourth-order valence-electron chi connectivity index (χ4n) is 1.93. The van der Waals surface area contributed by atoms with Crippen molar-refractivity contribution in [2.45, 2.75) is 25.8 Å². The fourth-order valence-corrected chi connectivity index (χ4v) is 1.93. The molecule has 1 unspecified atom stereocenters. The molecule has 2 aromatic rings. The van der Waals surface area contributed by atoms with E-state index in [-0.39, 0.29) is 17.6 Å². The number of nitrogens with zero attached hydrogens (tertiary/aromatic N) is 1. The molecule has 1 heterocycles. The van der Waals surface area contributed by atoms with Gasteiger partial charge in [0, 0.05) is 0 Å². The van der Waals surface area contributed by atoms with Gasteiger partial charge in [0.25, 0.3) is 5.91 Å². The Kier molecular flexibility index (Phi) is 4.94. The van der Waals surface area contributed by atoms with Crippen LogP contribution in [0.25, 0.3) is 0 Å². The van der Waals surface area contributed by atoms with Gasteiger partial charge in [-0.15, -0.1) is 0 Å². The van der Waals surface area contributed by atoms with Gasteiger partial charge in [-0.1, -0.05) is 25.5 Å². The highest BCUT2D eigenvalue weighted by atomic mass is 16.5. The smallest absolute Gasteiger partial charge is 0.277 e. The molecule has 0 radical (unpaired) electrons. The molecule has 1 aromatic heterocycles. The molecule has 3 N–H and O–H groups in total. The number of rotatable bonds is 6. The van der Waals surface area contributed by atoms with Crippen LogP contribution in [0.2, 0.25) is 0 Å². The number of oxazole rings is 1. The van der Waals surface area contributed by atoms with Gasteiger partial charge in [-0.3, -0.25) is 4.79 Å². The third-order valence-electron chi connectivity index (χ3n) is 3.03. The minimum atomic E-state index is -0.363. The summed E-state index contributed by atoms with van der Waals surface area (Å²) >= 11 is 0. The van der Waals surface area contributed by atoms with Crippen molar-refractivity contribution in [3.05, 3.63) is 42.1 Å². The first-order valence-electron chi connectivity index (χ1n) is 6.81. The summed E-state index contributed by atoms with van der Waals surface area (Å²) in [6.45, 7) is 2.03. The molecule has 6 heteroatoms. The molecule has 1 aromatic carbocycles. The van der Waals surface area contributed by atoms with Crippen molar-refractivity contribution >= 4 is 11.6 Å². The molecule has 1 atom stereocenters. The summed E-state index contributed by atoms with van der Waals surface area (Å²) in [6, 6.07) is 6.86. The molecule has 0 bridgehead atoms. The summed E-state index contributed by atoms with van der Waals surface area (Å²) in [5, 5.41) is 2.73. The van der Waals surface area contributed by atoms with Crippen molar-refractivity contribution in [1.82, 2.24) is 4.98 Å². The zero-order valence-corrected chi connectivity index (χ0v) is 12.1. The predicted octanol–water partition coefficient (Wildman–Crippen LogP) is 2.74. The Morgan fingerprint density at radius 2 is 2.24 bits per heavy atom.